The second-order valence-electron chi connectivity index (χ2n) is 8.10. The van der Waals surface area contributed by atoms with Crippen LogP contribution in [0.1, 0.15) is 21.5 Å². The van der Waals surface area contributed by atoms with Gasteiger partial charge in [-0.15, -0.1) is 0 Å². The molecule has 1 fully saturated rings. The van der Waals surface area contributed by atoms with Gasteiger partial charge in [0.25, 0.3) is 11.8 Å². The van der Waals surface area contributed by atoms with Gasteiger partial charge in [-0.25, -0.2) is 14.5 Å². The van der Waals surface area contributed by atoms with Gasteiger partial charge in [0.15, 0.2) is 17.2 Å². The van der Waals surface area contributed by atoms with Gasteiger partial charge in [-0.1, -0.05) is 35.3 Å². The summed E-state index contributed by atoms with van der Waals surface area (Å²) in [6, 6.07) is 12.6. The number of anilines is 1. The van der Waals surface area contributed by atoms with E-state index in [4.69, 9.17) is 42.5 Å². The zero-order chi connectivity index (χ0) is 27.0. The number of hydrogen-bond acceptors (Lipinski definition) is 7. The maximum atomic E-state index is 13.2. The van der Waals surface area contributed by atoms with E-state index < -0.39 is 23.8 Å². The maximum absolute atomic E-state index is 13.2. The minimum absolute atomic E-state index is 0.0147. The summed E-state index contributed by atoms with van der Waals surface area (Å²) < 4.78 is 16.3. The summed E-state index contributed by atoms with van der Waals surface area (Å²) in [4.78, 5) is 50.0. The molecule has 0 aliphatic carbocycles. The Labute approximate surface area is 224 Å². The predicted molar refractivity (Wildman–Crippen MR) is 136 cm³/mol. The quantitative estimate of drug-likeness (QED) is 0.332. The Hall–Kier alpha value is -4.54. The van der Waals surface area contributed by atoms with Crippen LogP contribution in [0.25, 0.3) is 6.08 Å². The number of nitrogens with zero attached hydrogens (tertiary/aromatic N) is 1. The average molecular weight is 555 g/mol. The van der Waals surface area contributed by atoms with Crippen LogP contribution in [0.4, 0.5) is 10.5 Å². The molecule has 2 heterocycles. The number of ether oxygens (including phenoxy) is 3. The molecule has 10 nitrogen and oxygen atoms in total. The van der Waals surface area contributed by atoms with Crippen LogP contribution in [0.15, 0.2) is 60.2 Å². The van der Waals surface area contributed by atoms with Crippen LogP contribution in [0, 0.1) is 0 Å². The fourth-order valence-electron chi connectivity index (χ4n) is 3.78. The second-order valence-corrected chi connectivity index (χ2v) is 8.91. The van der Waals surface area contributed by atoms with Gasteiger partial charge in [0.2, 0.25) is 6.79 Å². The highest BCUT2D eigenvalue weighted by atomic mass is 35.5. The predicted octanol–water partition coefficient (Wildman–Crippen LogP) is 4.67. The summed E-state index contributed by atoms with van der Waals surface area (Å²) in [5, 5.41) is 11.4. The number of halogens is 2. The topological polar surface area (TPSA) is 131 Å². The van der Waals surface area contributed by atoms with E-state index in [2.05, 4.69) is 5.32 Å². The fourth-order valence-corrected chi connectivity index (χ4v) is 4.40. The van der Waals surface area contributed by atoms with E-state index in [9.17, 15) is 19.2 Å². The van der Waals surface area contributed by atoms with Gasteiger partial charge in [0, 0.05) is 6.07 Å². The number of barbiturate groups is 1. The zero-order valence-electron chi connectivity index (χ0n) is 19.2. The van der Waals surface area contributed by atoms with Crippen molar-refractivity contribution in [2.75, 3.05) is 11.7 Å². The number of carbonyl (C=O) groups is 4. The van der Waals surface area contributed by atoms with E-state index >= 15 is 0 Å². The standard InChI is InChI=1S/C26H16Cl2N2O8/c27-18-8-14(9-19(28)22(18)36-11-13-1-3-15(4-2-13)25(33)34)7-17-23(31)29-26(35)30(24(17)32)16-5-6-20-21(10-16)38-12-37-20/h1-10H,11-12H2,(H,33,34)(H,29,31,35)/b17-7+. The van der Waals surface area contributed by atoms with E-state index in [1.165, 1.54) is 42.5 Å². The van der Waals surface area contributed by atoms with Crippen LogP contribution < -0.4 is 24.4 Å². The summed E-state index contributed by atoms with van der Waals surface area (Å²) in [7, 11) is 0. The Bertz CT molecular complexity index is 1510. The Morgan fingerprint density at radius 1 is 1.00 bits per heavy atom. The number of aromatic carboxylic acids is 1. The SMILES string of the molecule is O=C1NC(=O)N(c2ccc3c(c2)OCO3)C(=O)/C1=C/c1cc(Cl)c(OCc2ccc(C(=O)O)cc2)c(Cl)c1. The van der Waals surface area contributed by atoms with Crippen molar-refractivity contribution in [1.29, 1.82) is 0 Å². The molecule has 0 spiro atoms. The number of urea groups is 1. The smallest absolute Gasteiger partial charge is 0.335 e. The van der Waals surface area contributed by atoms with Crippen LogP contribution in [0.2, 0.25) is 10.0 Å². The first-order chi connectivity index (χ1) is 18.2. The number of carboxylic acids is 1. The van der Waals surface area contributed by atoms with Crippen molar-refractivity contribution in [2.24, 2.45) is 0 Å². The van der Waals surface area contributed by atoms with Crippen LogP contribution >= 0.6 is 23.2 Å². The van der Waals surface area contributed by atoms with Gasteiger partial charge in [0.1, 0.15) is 12.2 Å². The summed E-state index contributed by atoms with van der Waals surface area (Å²) >= 11 is 12.7. The summed E-state index contributed by atoms with van der Waals surface area (Å²) in [5.74, 6) is -1.78. The molecule has 12 heteroatoms. The number of fused-ring (bicyclic) bond motifs is 1. The Morgan fingerprint density at radius 2 is 1.68 bits per heavy atom. The molecule has 2 aliphatic rings. The summed E-state index contributed by atoms with van der Waals surface area (Å²) in [6.45, 7) is 0.0775. The van der Waals surface area contributed by atoms with Crippen molar-refractivity contribution in [2.45, 2.75) is 6.61 Å². The molecule has 0 aromatic heterocycles. The van der Waals surface area contributed by atoms with Gasteiger partial charge in [0.05, 0.1) is 21.3 Å². The number of carbonyl (C=O) groups excluding carboxylic acids is 3. The molecule has 192 valence electrons. The molecule has 0 bridgehead atoms. The molecule has 0 radical (unpaired) electrons. The molecule has 0 atom stereocenters. The Morgan fingerprint density at radius 3 is 2.37 bits per heavy atom. The largest absolute Gasteiger partial charge is 0.486 e. The normalized spacial score (nSPS) is 15.6. The Balaban J connectivity index is 1.38. The molecule has 3 aromatic rings. The van der Waals surface area contributed by atoms with Crippen LogP contribution in [0.5, 0.6) is 17.2 Å². The van der Waals surface area contributed by atoms with E-state index in [0.717, 1.165) is 4.90 Å². The highest BCUT2D eigenvalue weighted by Crippen LogP contribution is 2.38. The molecule has 0 unspecified atom stereocenters. The molecule has 3 aromatic carbocycles. The third-order valence-corrected chi connectivity index (χ3v) is 6.19. The Kier molecular flexibility index (Phi) is 6.66. The lowest BCUT2D eigenvalue weighted by atomic mass is 10.1. The van der Waals surface area contributed by atoms with Crippen molar-refractivity contribution in [3.8, 4) is 17.2 Å². The molecule has 2 N–H and O–H groups in total. The molecular formula is C26H16Cl2N2O8. The van der Waals surface area contributed by atoms with Crippen molar-refractivity contribution in [3.63, 3.8) is 0 Å². The second kappa shape index (κ2) is 10.1. The van der Waals surface area contributed by atoms with Crippen molar-refractivity contribution in [3.05, 3.63) is 86.9 Å². The van der Waals surface area contributed by atoms with Gasteiger partial charge >= 0.3 is 12.0 Å². The molecule has 0 saturated carbocycles. The number of rotatable bonds is 6. The molecule has 2 aliphatic heterocycles. The van der Waals surface area contributed by atoms with E-state index in [0.29, 0.717) is 22.6 Å². The highest BCUT2D eigenvalue weighted by Gasteiger charge is 2.37. The van der Waals surface area contributed by atoms with Crippen LogP contribution in [-0.2, 0) is 16.2 Å². The molecule has 4 amide bonds. The number of carboxylic acid groups (broad SMARTS) is 1. The third kappa shape index (κ3) is 4.86. The lowest BCUT2D eigenvalue weighted by molar-refractivity contribution is -0.122. The molecule has 38 heavy (non-hydrogen) atoms. The highest BCUT2D eigenvalue weighted by molar-refractivity contribution is 6.40. The first-order valence-corrected chi connectivity index (χ1v) is 11.7. The van der Waals surface area contributed by atoms with E-state index in [-0.39, 0.29) is 46.0 Å². The number of benzene rings is 3. The third-order valence-electron chi connectivity index (χ3n) is 5.63. The fraction of sp³-hybridized carbons (Fsp3) is 0.0769. The number of hydrogen-bond donors (Lipinski definition) is 2. The monoisotopic (exact) mass is 554 g/mol. The number of nitrogens with one attached hydrogen (secondary N) is 1. The average Bonchev–Trinajstić information content (AvgIpc) is 3.34. The van der Waals surface area contributed by atoms with E-state index in [1.807, 2.05) is 0 Å². The lowest BCUT2D eigenvalue weighted by Gasteiger charge is -2.26. The van der Waals surface area contributed by atoms with Gasteiger partial charge in [-0.05, 0) is 53.6 Å². The van der Waals surface area contributed by atoms with Crippen molar-refractivity contribution >= 4 is 58.8 Å². The van der Waals surface area contributed by atoms with Crippen LogP contribution in [0.3, 0.4) is 0 Å². The first kappa shape index (κ1) is 25.1. The maximum Gasteiger partial charge on any atom is 0.335 e. The number of imide groups is 2. The van der Waals surface area contributed by atoms with E-state index in [1.54, 1.807) is 18.2 Å². The van der Waals surface area contributed by atoms with Crippen molar-refractivity contribution < 1.29 is 38.5 Å². The molecular weight excluding hydrogens is 539 g/mol. The van der Waals surface area contributed by atoms with Crippen LogP contribution in [-0.4, -0.2) is 35.7 Å². The molecule has 1 saturated heterocycles. The van der Waals surface area contributed by atoms with Gasteiger partial charge < -0.3 is 19.3 Å². The van der Waals surface area contributed by atoms with Gasteiger partial charge in [-0.3, -0.25) is 14.9 Å². The summed E-state index contributed by atoms with van der Waals surface area (Å²) in [5.41, 5.74) is 1.01. The summed E-state index contributed by atoms with van der Waals surface area (Å²) in [6.07, 6.45) is 1.26. The zero-order valence-corrected chi connectivity index (χ0v) is 20.7. The first-order valence-electron chi connectivity index (χ1n) is 11.0. The lowest BCUT2D eigenvalue weighted by Crippen LogP contribution is -2.54. The van der Waals surface area contributed by atoms with Crippen molar-refractivity contribution in [1.82, 2.24) is 5.32 Å². The number of amides is 4. The minimum Gasteiger partial charge on any atom is -0.486 e. The van der Waals surface area contributed by atoms with Gasteiger partial charge in [-0.2, -0.15) is 0 Å². The minimum atomic E-state index is -1.04. The molecule has 5 rings (SSSR count).